The number of hydrogen-bond acceptors (Lipinski definition) is 3. The molecule has 0 unspecified atom stereocenters. The molecule has 0 atom stereocenters. The first-order valence-corrected chi connectivity index (χ1v) is 4.00. The summed E-state index contributed by atoms with van der Waals surface area (Å²) in [4.78, 5) is 6.93. The molecule has 0 spiro atoms. The minimum absolute atomic E-state index is 0.162. The second kappa shape index (κ2) is 3.78. The zero-order chi connectivity index (χ0) is 10.9. The molecule has 14 heavy (non-hydrogen) atoms. The molecule has 1 rings (SSSR count). The number of aromatic nitrogens is 2. The molecular formula is C6H3Cl2F3N2O. The summed E-state index contributed by atoms with van der Waals surface area (Å²) in [6.07, 6.45) is -4.87. The lowest BCUT2D eigenvalue weighted by Crippen LogP contribution is -2.18. The lowest BCUT2D eigenvalue weighted by molar-refractivity contribution is -0.274. The number of aryl methyl sites for hydroxylation is 1. The molecule has 0 fully saturated rings. The first-order valence-electron chi connectivity index (χ1n) is 3.25. The molecule has 0 aromatic carbocycles. The zero-order valence-electron chi connectivity index (χ0n) is 6.69. The standard InChI is InChI=1S/C6H3Cl2F3N2O/c1-2-12-4(7)3(5(8)13-2)14-6(9,10)11/h1H3. The minimum Gasteiger partial charge on any atom is -0.399 e. The van der Waals surface area contributed by atoms with Crippen LogP contribution in [0, 0.1) is 6.92 Å². The van der Waals surface area contributed by atoms with Crippen LogP contribution < -0.4 is 4.74 Å². The van der Waals surface area contributed by atoms with Crippen LogP contribution in [-0.2, 0) is 0 Å². The van der Waals surface area contributed by atoms with Gasteiger partial charge in [-0.3, -0.25) is 0 Å². The molecule has 0 saturated carbocycles. The summed E-state index contributed by atoms with van der Waals surface area (Å²) in [5.74, 6) is -0.624. The maximum absolute atomic E-state index is 11.8. The van der Waals surface area contributed by atoms with Crippen molar-refractivity contribution in [2.24, 2.45) is 0 Å². The molecule has 0 aliphatic rings. The van der Waals surface area contributed by atoms with Gasteiger partial charge in [-0.25, -0.2) is 9.97 Å². The molecule has 3 nitrogen and oxygen atoms in total. The highest BCUT2D eigenvalue weighted by molar-refractivity contribution is 6.35. The van der Waals surface area contributed by atoms with Crippen LogP contribution in [0.1, 0.15) is 5.82 Å². The predicted octanol–water partition coefficient (Wildman–Crippen LogP) is 2.99. The highest BCUT2D eigenvalue weighted by Gasteiger charge is 2.34. The molecule has 0 amide bonds. The Kier molecular flexibility index (Phi) is 3.06. The fourth-order valence-corrected chi connectivity index (χ4v) is 1.24. The SMILES string of the molecule is Cc1nc(Cl)c(OC(F)(F)F)c(Cl)n1. The van der Waals surface area contributed by atoms with Crippen molar-refractivity contribution < 1.29 is 17.9 Å². The van der Waals surface area contributed by atoms with E-state index in [-0.39, 0.29) is 5.82 Å². The molecule has 0 aliphatic carbocycles. The molecule has 1 aromatic heterocycles. The van der Waals surface area contributed by atoms with E-state index in [1.54, 1.807) is 0 Å². The largest absolute Gasteiger partial charge is 0.573 e. The van der Waals surface area contributed by atoms with Gasteiger partial charge in [0.05, 0.1) is 0 Å². The number of ether oxygens (including phenoxy) is 1. The third-order valence-electron chi connectivity index (χ3n) is 1.11. The highest BCUT2D eigenvalue weighted by Crippen LogP contribution is 2.33. The fraction of sp³-hybridized carbons (Fsp3) is 0.333. The van der Waals surface area contributed by atoms with Crippen LogP contribution in [0.25, 0.3) is 0 Å². The van der Waals surface area contributed by atoms with Gasteiger partial charge < -0.3 is 4.74 Å². The van der Waals surface area contributed by atoms with E-state index >= 15 is 0 Å². The van der Waals surface area contributed by atoms with Gasteiger partial charge in [-0.05, 0) is 6.92 Å². The van der Waals surface area contributed by atoms with Gasteiger partial charge in [-0.2, -0.15) is 0 Å². The van der Waals surface area contributed by atoms with Crippen LogP contribution in [0.5, 0.6) is 5.75 Å². The summed E-state index contributed by atoms with van der Waals surface area (Å²) in [7, 11) is 0. The van der Waals surface area contributed by atoms with Crippen LogP contribution in [-0.4, -0.2) is 16.3 Å². The molecule has 78 valence electrons. The van der Waals surface area contributed by atoms with E-state index in [9.17, 15) is 13.2 Å². The lowest BCUT2D eigenvalue weighted by Gasteiger charge is -2.10. The Balaban J connectivity index is 3.09. The Bertz CT molecular complexity index is 332. The first kappa shape index (κ1) is 11.3. The van der Waals surface area contributed by atoms with Crippen molar-refractivity contribution in [2.45, 2.75) is 13.3 Å². The Morgan fingerprint density at radius 2 is 1.57 bits per heavy atom. The van der Waals surface area contributed by atoms with Crippen molar-refractivity contribution >= 4 is 23.2 Å². The highest BCUT2D eigenvalue weighted by atomic mass is 35.5. The van der Waals surface area contributed by atoms with Crippen LogP contribution >= 0.6 is 23.2 Å². The summed E-state index contributed by atoms with van der Waals surface area (Å²) in [5, 5.41) is -0.945. The quantitative estimate of drug-likeness (QED) is 0.715. The van der Waals surface area contributed by atoms with E-state index in [0.717, 1.165) is 0 Å². The Morgan fingerprint density at radius 1 is 1.14 bits per heavy atom. The van der Waals surface area contributed by atoms with Crippen LogP contribution in [0.3, 0.4) is 0 Å². The van der Waals surface area contributed by atoms with Gasteiger partial charge in [0.1, 0.15) is 5.82 Å². The molecule has 1 aromatic rings. The molecule has 0 N–H and O–H groups in total. The third-order valence-corrected chi connectivity index (χ3v) is 1.62. The van der Waals surface area contributed by atoms with E-state index < -0.39 is 22.4 Å². The number of rotatable bonds is 1. The van der Waals surface area contributed by atoms with Crippen molar-refractivity contribution in [2.75, 3.05) is 0 Å². The van der Waals surface area contributed by atoms with Gasteiger partial charge >= 0.3 is 6.36 Å². The summed E-state index contributed by atoms with van der Waals surface area (Å²) in [5.41, 5.74) is 0. The molecule has 0 aliphatic heterocycles. The maximum atomic E-state index is 11.8. The summed E-state index contributed by atoms with van der Waals surface area (Å²) >= 11 is 10.8. The fourth-order valence-electron chi connectivity index (χ4n) is 0.696. The zero-order valence-corrected chi connectivity index (χ0v) is 8.20. The van der Waals surface area contributed by atoms with E-state index in [1.165, 1.54) is 6.92 Å². The molecular weight excluding hydrogens is 244 g/mol. The van der Waals surface area contributed by atoms with Crippen molar-refractivity contribution in [1.29, 1.82) is 0 Å². The van der Waals surface area contributed by atoms with Crippen molar-refractivity contribution in [3.63, 3.8) is 0 Å². The molecule has 8 heteroatoms. The molecule has 1 heterocycles. The average Bonchev–Trinajstić information content (AvgIpc) is 1.95. The van der Waals surface area contributed by atoms with Gasteiger partial charge in [-0.15, -0.1) is 13.2 Å². The third kappa shape index (κ3) is 2.88. The summed E-state index contributed by atoms with van der Waals surface area (Å²) < 4.78 is 38.9. The lowest BCUT2D eigenvalue weighted by atomic mass is 10.5. The second-order valence-electron chi connectivity index (χ2n) is 2.23. The molecule has 0 radical (unpaired) electrons. The van der Waals surface area contributed by atoms with E-state index in [1.807, 2.05) is 0 Å². The topological polar surface area (TPSA) is 35.0 Å². The molecule has 0 saturated heterocycles. The second-order valence-corrected chi connectivity index (χ2v) is 2.95. The van der Waals surface area contributed by atoms with Gasteiger partial charge in [0.2, 0.25) is 5.75 Å². The number of nitrogens with zero attached hydrogens (tertiary/aromatic N) is 2. The van der Waals surface area contributed by atoms with Gasteiger partial charge in [0.25, 0.3) is 0 Å². The Hall–Kier alpha value is -0.750. The van der Waals surface area contributed by atoms with Crippen molar-refractivity contribution in [3.8, 4) is 5.75 Å². The van der Waals surface area contributed by atoms with Gasteiger partial charge in [0.15, 0.2) is 10.3 Å². The molecule has 0 bridgehead atoms. The van der Waals surface area contributed by atoms with E-state index in [2.05, 4.69) is 14.7 Å². The number of alkyl halides is 3. The van der Waals surface area contributed by atoms with Crippen LogP contribution in [0.2, 0.25) is 10.3 Å². The van der Waals surface area contributed by atoms with E-state index in [0.29, 0.717) is 0 Å². The monoisotopic (exact) mass is 246 g/mol. The van der Waals surface area contributed by atoms with Gasteiger partial charge in [-0.1, -0.05) is 23.2 Å². The van der Waals surface area contributed by atoms with Gasteiger partial charge in [0, 0.05) is 0 Å². The normalized spacial score (nSPS) is 11.6. The number of hydrogen-bond donors (Lipinski definition) is 0. The Labute approximate surface area is 86.8 Å². The van der Waals surface area contributed by atoms with Crippen molar-refractivity contribution in [3.05, 3.63) is 16.1 Å². The van der Waals surface area contributed by atoms with Crippen LogP contribution in [0.4, 0.5) is 13.2 Å². The van der Waals surface area contributed by atoms with Crippen molar-refractivity contribution in [1.82, 2.24) is 9.97 Å². The van der Waals surface area contributed by atoms with Crippen LogP contribution in [0.15, 0.2) is 0 Å². The average molecular weight is 247 g/mol. The first-order chi connectivity index (χ1) is 6.29. The van der Waals surface area contributed by atoms with E-state index in [4.69, 9.17) is 23.2 Å². The number of halogens is 5. The Morgan fingerprint density at radius 3 is 1.93 bits per heavy atom. The summed E-state index contributed by atoms with van der Waals surface area (Å²) in [6, 6.07) is 0. The summed E-state index contributed by atoms with van der Waals surface area (Å²) in [6.45, 7) is 1.44. The maximum Gasteiger partial charge on any atom is 0.573 e. The smallest absolute Gasteiger partial charge is 0.399 e. The predicted molar refractivity (Wildman–Crippen MR) is 43.5 cm³/mol. The minimum atomic E-state index is -4.87.